The molecule has 0 unspecified atom stereocenters. The van der Waals surface area contributed by atoms with Crippen molar-refractivity contribution >= 4 is 22.7 Å². The molecule has 114 valence electrons. The van der Waals surface area contributed by atoms with E-state index in [1.165, 1.54) is 11.6 Å². The lowest BCUT2D eigenvalue weighted by Crippen LogP contribution is -2.04. The molecule has 0 radical (unpaired) electrons. The van der Waals surface area contributed by atoms with Crippen LogP contribution in [0.4, 0.5) is 13.2 Å². The highest BCUT2D eigenvalue weighted by Gasteiger charge is 2.30. The summed E-state index contributed by atoms with van der Waals surface area (Å²) < 4.78 is 38.2. The van der Waals surface area contributed by atoms with Gasteiger partial charge in [-0.1, -0.05) is 43.0 Å². The van der Waals surface area contributed by atoms with Crippen LogP contribution >= 0.6 is 11.8 Å². The van der Waals surface area contributed by atoms with E-state index in [2.05, 4.69) is 18.0 Å². The van der Waals surface area contributed by atoms with Gasteiger partial charge in [0, 0.05) is 26.9 Å². The molecule has 0 aliphatic carbocycles. The molecule has 1 nitrogen and oxygen atoms in total. The predicted octanol–water partition coefficient (Wildman–Crippen LogP) is 5.90. The minimum Gasteiger partial charge on any atom is -0.360 e. The summed E-state index contributed by atoms with van der Waals surface area (Å²) in [6, 6.07) is 11.9. The summed E-state index contributed by atoms with van der Waals surface area (Å²) in [7, 11) is 0. The lowest BCUT2D eigenvalue weighted by molar-refractivity contribution is -0.137. The van der Waals surface area contributed by atoms with E-state index in [-0.39, 0.29) is 0 Å². The molecule has 0 bridgehead atoms. The highest BCUT2D eigenvalue weighted by Crippen LogP contribution is 2.37. The Labute approximate surface area is 130 Å². The molecule has 1 heterocycles. The van der Waals surface area contributed by atoms with Crippen molar-refractivity contribution in [3.05, 3.63) is 59.8 Å². The van der Waals surface area contributed by atoms with E-state index in [0.717, 1.165) is 33.7 Å². The number of hydrogen-bond donors (Lipinski definition) is 1. The second-order valence-electron chi connectivity index (χ2n) is 4.97. The number of halogens is 3. The largest absolute Gasteiger partial charge is 0.416 e. The third kappa shape index (κ3) is 2.86. The number of H-pyrrole nitrogens is 1. The van der Waals surface area contributed by atoms with Crippen molar-refractivity contribution in [1.29, 1.82) is 0 Å². The van der Waals surface area contributed by atoms with E-state index in [0.29, 0.717) is 5.52 Å². The van der Waals surface area contributed by atoms with Crippen LogP contribution in [0.2, 0.25) is 0 Å². The molecule has 0 amide bonds. The van der Waals surface area contributed by atoms with Crippen LogP contribution in [0.3, 0.4) is 0 Å². The van der Waals surface area contributed by atoms with E-state index in [1.807, 2.05) is 18.2 Å². The number of alkyl halides is 3. The average molecular weight is 321 g/mol. The molecular weight excluding hydrogens is 307 g/mol. The highest BCUT2D eigenvalue weighted by atomic mass is 32.2. The van der Waals surface area contributed by atoms with Crippen LogP contribution in [-0.4, -0.2) is 4.98 Å². The maximum absolute atomic E-state index is 12.7. The molecular formula is C17H14F3NS. The zero-order valence-electron chi connectivity index (χ0n) is 11.9. The number of hydrogen-bond acceptors (Lipinski definition) is 1. The molecule has 0 spiro atoms. The third-order valence-corrected chi connectivity index (χ3v) is 4.72. The zero-order valence-corrected chi connectivity index (χ0v) is 12.7. The van der Waals surface area contributed by atoms with Crippen LogP contribution in [-0.2, 0) is 12.6 Å². The number of fused-ring (bicyclic) bond motifs is 1. The second kappa shape index (κ2) is 5.72. The number of benzene rings is 2. The van der Waals surface area contributed by atoms with Gasteiger partial charge in [0.2, 0.25) is 0 Å². The molecule has 0 atom stereocenters. The van der Waals surface area contributed by atoms with Gasteiger partial charge in [0.05, 0.1) is 5.56 Å². The smallest absolute Gasteiger partial charge is 0.360 e. The van der Waals surface area contributed by atoms with Gasteiger partial charge in [0.25, 0.3) is 0 Å². The van der Waals surface area contributed by atoms with Crippen molar-refractivity contribution in [3.63, 3.8) is 0 Å². The lowest BCUT2D eigenvalue weighted by atomic mass is 10.1. The standard InChI is InChI=1S/C17H14F3NS/c1-2-11-5-3-4-6-15(11)22-16-10-21-14-9-12(17(18,19)20)7-8-13(14)16/h3-10,21H,2H2,1H3. The van der Waals surface area contributed by atoms with Gasteiger partial charge in [-0.15, -0.1) is 0 Å². The van der Waals surface area contributed by atoms with Gasteiger partial charge in [-0.2, -0.15) is 13.2 Å². The summed E-state index contributed by atoms with van der Waals surface area (Å²) in [5.74, 6) is 0. The first-order valence-electron chi connectivity index (χ1n) is 6.93. The van der Waals surface area contributed by atoms with Crippen molar-refractivity contribution in [2.24, 2.45) is 0 Å². The SMILES string of the molecule is CCc1ccccc1Sc1c[nH]c2cc(C(F)(F)F)ccc12. The van der Waals surface area contributed by atoms with Crippen LogP contribution in [0.25, 0.3) is 10.9 Å². The van der Waals surface area contributed by atoms with E-state index in [1.54, 1.807) is 18.0 Å². The van der Waals surface area contributed by atoms with Gasteiger partial charge in [-0.05, 0) is 30.2 Å². The van der Waals surface area contributed by atoms with Crippen LogP contribution in [0.5, 0.6) is 0 Å². The van der Waals surface area contributed by atoms with Crippen LogP contribution in [0.15, 0.2) is 58.5 Å². The van der Waals surface area contributed by atoms with Gasteiger partial charge in [0.15, 0.2) is 0 Å². The van der Waals surface area contributed by atoms with Gasteiger partial charge in [-0.25, -0.2) is 0 Å². The summed E-state index contributed by atoms with van der Waals surface area (Å²) in [5, 5.41) is 0.809. The molecule has 0 fully saturated rings. The fourth-order valence-corrected chi connectivity index (χ4v) is 3.51. The Balaban J connectivity index is 1.99. The van der Waals surface area contributed by atoms with Gasteiger partial charge < -0.3 is 4.98 Å². The summed E-state index contributed by atoms with van der Waals surface area (Å²) in [6.45, 7) is 2.09. The molecule has 0 aliphatic rings. The maximum Gasteiger partial charge on any atom is 0.416 e. The number of aryl methyl sites for hydroxylation is 1. The van der Waals surface area contributed by atoms with Gasteiger partial charge >= 0.3 is 6.18 Å². The molecule has 0 saturated carbocycles. The molecule has 3 aromatic rings. The first kappa shape index (κ1) is 15.0. The molecule has 0 aliphatic heterocycles. The summed E-state index contributed by atoms with van der Waals surface area (Å²) in [5.41, 5.74) is 1.10. The van der Waals surface area contributed by atoms with Gasteiger partial charge in [0.1, 0.15) is 0 Å². The molecule has 1 aromatic heterocycles. The minimum absolute atomic E-state index is 0.506. The molecule has 0 saturated heterocycles. The Hall–Kier alpha value is -1.88. The highest BCUT2D eigenvalue weighted by molar-refractivity contribution is 7.99. The van der Waals surface area contributed by atoms with Crippen molar-refractivity contribution in [2.45, 2.75) is 29.3 Å². The Morgan fingerprint density at radius 2 is 1.82 bits per heavy atom. The Bertz CT molecular complexity index is 805. The number of rotatable bonds is 3. The Morgan fingerprint density at radius 3 is 2.55 bits per heavy atom. The summed E-state index contributed by atoms with van der Waals surface area (Å²) in [6.07, 6.45) is -1.63. The second-order valence-corrected chi connectivity index (χ2v) is 6.06. The molecule has 3 rings (SSSR count). The quantitative estimate of drug-likeness (QED) is 0.635. The summed E-state index contributed by atoms with van der Waals surface area (Å²) in [4.78, 5) is 5.00. The van der Waals surface area contributed by atoms with Crippen molar-refractivity contribution < 1.29 is 13.2 Å². The average Bonchev–Trinajstić information content (AvgIpc) is 2.89. The number of aromatic nitrogens is 1. The summed E-state index contributed by atoms with van der Waals surface area (Å²) >= 11 is 1.58. The Kier molecular flexibility index (Phi) is 3.91. The van der Waals surface area contributed by atoms with Crippen molar-refractivity contribution in [3.8, 4) is 0 Å². The molecule has 5 heteroatoms. The third-order valence-electron chi connectivity index (χ3n) is 3.54. The van der Waals surface area contributed by atoms with Crippen LogP contribution in [0, 0.1) is 0 Å². The van der Waals surface area contributed by atoms with Crippen molar-refractivity contribution in [2.75, 3.05) is 0 Å². The lowest BCUT2D eigenvalue weighted by Gasteiger charge is -2.08. The first-order valence-corrected chi connectivity index (χ1v) is 7.75. The maximum atomic E-state index is 12.7. The molecule has 1 N–H and O–H groups in total. The fraction of sp³-hybridized carbons (Fsp3) is 0.176. The zero-order chi connectivity index (χ0) is 15.7. The minimum atomic E-state index is -4.32. The predicted molar refractivity (Wildman–Crippen MR) is 83.2 cm³/mol. The van der Waals surface area contributed by atoms with E-state index >= 15 is 0 Å². The number of aromatic amines is 1. The van der Waals surface area contributed by atoms with Crippen molar-refractivity contribution in [1.82, 2.24) is 4.98 Å². The molecule has 22 heavy (non-hydrogen) atoms. The fourth-order valence-electron chi connectivity index (χ4n) is 2.37. The number of nitrogens with one attached hydrogen (secondary N) is 1. The molecule has 2 aromatic carbocycles. The van der Waals surface area contributed by atoms with Crippen LogP contribution in [0.1, 0.15) is 18.1 Å². The monoisotopic (exact) mass is 321 g/mol. The van der Waals surface area contributed by atoms with E-state index in [4.69, 9.17) is 0 Å². The van der Waals surface area contributed by atoms with E-state index in [9.17, 15) is 13.2 Å². The first-order chi connectivity index (χ1) is 10.5. The normalized spacial score (nSPS) is 12.0. The Morgan fingerprint density at radius 1 is 1.05 bits per heavy atom. The van der Waals surface area contributed by atoms with Crippen LogP contribution < -0.4 is 0 Å². The van der Waals surface area contributed by atoms with E-state index < -0.39 is 11.7 Å². The topological polar surface area (TPSA) is 15.8 Å². The van der Waals surface area contributed by atoms with Gasteiger partial charge in [-0.3, -0.25) is 0 Å².